The van der Waals surface area contributed by atoms with E-state index < -0.39 is 6.10 Å². The SMILES string of the molecule is COc1ccc(C(O)c2ccc(C)cc2)c(Cl)c1OC. The van der Waals surface area contributed by atoms with Crippen molar-refractivity contribution in [3.8, 4) is 11.5 Å². The van der Waals surface area contributed by atoms with Gasteiger partial charge in [-0.2, -0.15) is 0 Å². The van der Waals surface area contributed by atoms with Gasteiger partial charge in [0.05, 0.1) is 19.2 Å². The van der Waals surface area contributed by atoms with E-state index in [0.29, 0.717) is 22.1 Å². The highest BCUT2D eigenvalue weighted by Crippen LogP contribution is 2.40. The van der Waals surface area contributed by atoms with Gasteiger partial charge >= 0.3 is 0 Å². The first-order chi connectivity index (χ1) is 9.58. The first kappa shape index (κ1) is 14.7. The van der Waals surface area contributed by atoms with Crippen molar-refractivity contribution in [2.75, 3.05) is 14.2 Å². The van der Waals surface area contributed by atoms with E-state index in [0.717, 1.165) is 11.1 Å². The maximum atomic E-state index is 10.5. The third kappa shape index (κ3) is 2.74. The molecule has 1 N–H and O–H groups in total. The van der Waals surface area contributed by atoms with Crippen LogP contribution in [0.2, 0.25) is 5.02 Å². The van der Waals surface area contributed by atoms with E-state index >= 15 is 0 Å². The van der Waals surface area contributed by atoms with Crippen LogP contribution in [0, 0.1) is 6.92 Å². The Morgan fingerprint density at radius 3 is 2.20 bits per heavy atom. The van der Waals surface area contributed by atoms with Crippen LogP contribution in [0.5, 0.6) is 11.5 Å². The number of aliphatic hydroxyl groups is 1. The number of aliphatic hydroxyl groups excluding tert-OH is 1. The third-order valence-corrected chi connectivity index (χ3v) is 3.59. The molecule has 0 radical (unpaired) electrons. The molecule has 0 aromatic heterocycles. The molecule has 0 heterocycles. The Kier molecular flexibility index (Phi) is 4.53. The minimum absolute atomic E-state index is 0.361. The van der Waals surface area contributed by atoms with Crippen molar-refractivity contribution in [3.05, 3.63) is 58.1 Å². The van der Waals surface area contributed by atoms with Crippen LogP contribution in [0.1, 0.15) is 22.8 Å². The molecule has 106 valence electrons. The van der Waals surface area contributed by atoms with Crippen molar-refractivity contribution >= 4 is 11.6 Å². The molecule has 0 aliphatic carbocycles. The Hall–Kier alpha value is -1.71. The summed E-state index contributed by atoms with van der Waals surface area (Å²) in [5, 5.41) is 10.8. The molecule has 0 fully saturated rings. The average Bonchev–Trinajstić information content (AvgIpc) is 2.47. The van der Waals surface area contributed by atoms with Crippen LogP contribution >= 0.6 is 11.6 Å². The predicted molar refractivity (Wildman–Crippen MR) is 79.8 cm³/mol. The molecule has 4 heteroatoms. The van der Waals surface area contributed by atoms with E-state index in [4.69, 9.17) is 21.1 Å². The summed E-state index contributed by atoms with van der Waals surface area (Å²) in [4.78, 5) is 0. The Balaban J connectivity index is 2.44. The molecule has 1 unspecified atom stereocenters. The maximum Gasteiger partial charge on any atom is 0.179 e. The van der Waals surface area contributed by atoms with Crippen LogP contribution < -0.4 is 9.47 Å². The standard InChI is InChI=1S/C16H17ClO3/c1-10-4-6-11(7-5-10)15(18)12-8-9-13(19-2)16(20-3)14(12)17/h4-9,15,18H,1-3H3. The smallest absolute Gasteiger partial charge is 0.179 e. The number of halogens is 1. The summed E-state index contributed by atoms with van der Waals surface area (Å²) in [5.41, 5.74) is 2.51. The summed E-state index contributed by atoms with van der Waals surface area (Å²) in [6, 6.07) is 11.1. The second-order valence-electron chi connectivity index (χ2n) is 4.52. The molecule has 0 saturated heterocycles. The predicted octanol–water partition coefficient (Wildman–Crippen LogP) is 3.75. The lowest BCUT2D eigenvalue weighted by atomic mass is 10.00. The molecule has 0 saturated carbocycles. The van der Waals surface area contributed by atoms with Crippen molar-refractivity contribution in [1.29, 1.82) is 0 Å². The van der Waals surface area contributed by atoms with E-state index in [1.807, 2.05) is 31.2 Å². The molecule has 0 amide bonds. The quantitative estimate of drug-likeness (QED) is 0.933. The van der Waals surface area contributed by atoms with Crippen molar-refractivity contribution in [2.24, 2.45) is 0 Å². The Labute approximate surface area is 123 Å². The fourth-order valence-corrected chi connectivity index (χ4v) is 2.38. The molecular weight excluding hydrogens is 276 g/mol. The largest absolute Gasteiger partial charge is 0.493 e. The number of methoxy groups -OCH3 is 2. The Bertz CT molecular complexity index is 593. The first-order valence-electron chi connectivity index (χ1n) is 6.23. The van der Waals surface area contributed by atoms with E-state index in [2.05, 4.69) is 0 Å². The monoisotopic (exact) mass is 292 g/mol. The number of aryl methyl sites for hydroxylation is 1. The molecule has 0 bridgehead atoms. The third-order valence-electron chi connectivity index (χ3n) is 3.20. The number of benzene rings is 2. The van der Waals surface area contributed by atoms with Gasteiger partial charge in [-0.3, -0.25) is 0 Å². The van der Waals surface area contributed by atoms with Crippen LogP contribution in [-0.4, -0.2) is 19.3 Å². The number of hydrogen-bond acceptors (Lipinski definition) is 3. The molecule has 3 nitrogen and oxygen atoms in total. The van der Waals surface area contributed by atoms with Crippen molar-refractivity contribution in [2.45, 2.75) is 13.0 Å². The van der Waals surface area contributed by atoms with E-state index in [-0.39, 0.29) is 0 Å². The van der Waals surface area contributed by atoms with Gasteiger partial charge in [-0.1, -0.05) is 47.5 Å². The normalized spacial score (nSPS) is 12.1. The van der Waals surface area contributed by atoms with Gasteiger partial charge in [0.25, 0.3) is 0 Å². The summed E-state index contributed by atoms with van der Waals surface area (Å²) in [5.74, 6) is 0.968. The van der Waals surface area contributed by atoms with Gasteiger partial charge in [0.15, 0.2) is 11.5 Å². The highest BCUT2D eigenvalue weighted by molar-refractivity contribution is 6.33. The first-order valence-corrected chi connectivity index (χ1v) is 6.61. The summed E-state index contributed by atoms with van der Waals surface area (Å²) in [6.07, 6.45) is -0.803. The van der Waals surface area contributed by atoms with Crippen molar-refractivity contribution in [3.63, 3.8) is 0 Å². The minimum atomic E-state index is -0.803. The molecule has 2 rings (SSSR count). The van der Waals surface area contributed by atoms with Gasteiger partial charge in [0.2, 0.25) is 0 Å². The van der Waals surface area contributed by atoms with Gasteiger partial charge in [-0.15, -0.1) is 0 Å². The van der Waals surface area contributed by atoms with Gasteiger partial charge in [-0.05, 0) is 18.6 Å². The highest BCUT2D eigenvalue weighted by Gasteiger charge is 2.19. The van der Waals surface area contributed by atoms with Gasteiger partial charge in [0.1, 0.15) is 6.10 Å². The van der Waals surface area contributed by atoms with Crippen LogP contribution in [0.4, 0.5) is 0 Å². The van der Waals surface area contributed by atoms with Crippen LogP contribution in [0.25, 0.3) is 0 Å². The van der Waals surface area contributed by atoms with Crippen LogP contribution in [-0.2, 0) is 0 Å². The van der Waals surface area contributed by atoms with Gasteiger partial charge in [0, 0.05) is 5.56 Å². The van der Waals surface area contributed by atoms with E-state index in [9.17, 15) is 5.11 Å². The van der Waals surface area contributed by atoms with Gasteiger partial charge in [-0.25, -0.2) is 0 Å². The Morgan fingerprint density at radius 1 is 1.00 bits per heavy atom. The molecular formula is C16H17ClO3. The minimum Gasteiger partial charge on any atom is -0.493 e. The highest BCUT2D eigenvalue weighted by atomic mass is 35.5. The molecule has 2 aromatic rings. The average molecular weight is 293 g/mol. The molecule has 20 heavy (non-hydrogen) atoms. The zero-order chi connectivity index (χ0) is 14.7. The summed E-state index contributed by atoms with van der Waals surface area (Å²) in [6.45, 7) is 2.00. The van der Waals surface area contributed by atoms with Crippen LogP contribution in [0.3, 0.4) is 0 Å². The second kappa shape index (κ2) is 6.16. The molecule has 0 aliphatic rings. The lowest BCUT2D eigenvalue weighted by Crippen LogP contribution is -2.02. The zero-order valence-corrected chi connectivity index (χ0v) is 12.4. The lowest BCUT2D eigenvalue weighted by molar-refractivity contribution is 0.219. The van der Waals surface area contributed by atoms with Crippen LogP contribution in [0.15, 0.2) is 36.4 Å². The molecule has 0 spiro atoms. The zero-order valence-electron chi connectivity index (χ0n) is 11.7. The fraction of sp³-hybridized carbons (Fsp3) is 0.250. The summed E-state index contributed by atoms with van der Waals surface area (Å²) < 4.78 is 10.4. The number of ether oxygens (including phenoxy) is 2. The van der Waals surface area contributed by atoms with E-state index in [1.165, 1.54) is 7.11 Å². The lowest BCUT2D eigenvalue weighted by Gasteiger charge is -2.17. The fourth-order valence-electron chi connectivity index (χ4n) is 2.04. The summed E-state index contributed by atoms with van der Waals surface area (Å²) in [7, 11) is 3.07. The molecule has 2 aromatic carbocycles. The van der Waals surface area contributed by atoms with E-state index in [1.54, 1.807) is 19.2 Å². The van der Waals surface area contributed by atoms with Crippen molar-refractivity contribution in [1.82, 2.24) is 0 Å². The topological polar surface area (TPSA) is 38.7 Å². The molecule has 0 aliphatic heterocycles. The number of hydrogen-bond donors (Lipinski definition) is 1. The number of rotatable bonds is 4. The van der Waals surface area contributed by atoms with Crippen molar-refractivity contribution < 1.29 is 14.6 Å². The second-order valence-corrected chi connectivity index (χ2v) is 4.90. The summed E-state index contributed by atoms with van der Waals surface area (Å²) >= 11 is 6.30. The molecule has 1 atom stereocenters. The Morgan fingerprint density at radius 2 is 1.65 bits per heavy atom. The maximum absolute atomic E-state index is 10.5. The van der Waals surface area contributed by atoms with Gasteiger partial charge < -0.3 is 14.6 Å².